The molecule has 1 aliphatic heterocycles. The second-order valence-corrected chi connectivity index (χ2v) is 6.56. The van der Waals surface area contributed by atoms with Crippen LogP contribution in [-0.4, -0.2) is 28.6 Å². The van der Waals surface area contributed by atoms with Crippen molar-refractivity contribution in [1.82, 2.24) is 10.2 Å². The fourth-order valence-corrected chi connectivity index (χ4v) is 2.93. The molecule has 0 spiro atoms. The number of nitrogens with zero attached hydrogens (tertiary/aromatic N) is 1. The van der Waals surface area contributed by atoms with Gasteiger partial charge in [-0.05, 0) is 35.9 Å². The zero-order valence-corrected chi connectivity index (χ0v) is 15.3. The van der Waals surface area contributed by atoms with Crippen LogP contribution >= 0.6 is 11.6 Å². The molecule has 0 atom stereocenters. The second kappa shape index (κ2) is 7.61. The van der Waals surface area contributed by atoms with Gasteiger partial charge in [0.2, 0.25) is 0 Å². The number of carbonyl (C=O) groups excluding carboxylic acids is 2. The fourth-order valence-electron chi connectivity index (χ4n) is 2.75. The van der Waals surface area contributed by atoms with Crippen molar-refractivity contribution in [2.75, 3.05) is 22.6 Å². The summed E-state index contributed by atoms with van der Waals surface area (Å²) in [4.78, 5) is 23.5. The smallest absolute Gasteiger partial charge is 0.262 e. The number of benzene rings is 2. The van der Waals surface area contributed by atoms with E-state index in [0.717, 1.165) is 11.3 Å². The molecule has 9 heteroatoms. The number of halogens is 1. The minimum Gasteiger partial charge on any atom is -0.482 e. The predicted octanol–water partition coefficient (Wildman–Crippen LogP) is 3.26. The Balaban J connectivity index is 1.44. The molecule has 142 valence electrons. The molecular weight excluding hydrogens is 382 g/mol. The number of aromatic nitrogens is 2. The summed E-state index contributed by atoms with van der Waals surface area (Å²) in [5.41, 5.74) is 3.35. The Bertz CT molecular complexity index is 1040. The van der Waals surface area contributed by atoms with Gasteiger partial charge in [0.05, 0.1) is 17.4 Å². The van der Waals surface area contributed by atoms with Crippen LogP contribution in [0, 0.1) is 0 Å². The van der Waals surface area contributed by atoms with E-state index in [2.05, 4.69) is 26.1 Å². The topological polar surface area (TPSA) is 108 Å². The average Bonchev–Trinajstić information content (AvgIpc) is 3.23. The van der Waals surface area contributed by atoms with Crippen LogP contribution in [0.4, 0.5) is 17.1 Å². The molecule has 0 radical (unpaired) electrons. The van der Waals surface area contributed by atoms with Gasteiger partial charge in [-0.3, -0.25) is 14.7 Å². The van der Waals surface area contributed by atoms with E-state index < -0.39 is 0 Å². The van der Waals surface area contributed by atoms with Gasteiger partial charge in [0.15, 0.2) is 6.61 Å². The van der Waals surface area contributed by atoms with Crippen molar-refractivity contribution < 1.29 is 14.3 Å². The zero-order valence-electron chi connectivity index (χ0n) is 14.6. The lowest BCUT2D eigenvalue weighted by Gasteiger charge is -2.19. The van der Waals surface area contributed by atoms with Crippen molar-refractivity contribution in [2.45, 2.75) is 6.54 Å². The van der Waals surface area contributed by atoms with Gasteiger partial charge in [0.25, 0.3) is 11.8 Å². The van der Waals surface area contributed by atoms with E-state index in [-0.39, 0.29) is 18.4 Å². The number of amides is 2. The SMILES string of the molecule is O=C1COc2cc(NCc3cc(NC(=O)c4cn[nH]c4)ccc3Cl)ccc2N1. The van der Waals surface area contributed by atoms with Gasteiger partial charge in [0, 0.05) is 35.2 Å². The summed E-state index contributed by atoms with van der Waals surface area (Å²) in [5.74, 6) is 0.176. The van der Waals surface area contributed by atoms with E-state index in [9.17, 15) is 9.59 Å². The van der Waals surface area contributed by atoms with Gasteiger partial charge < -0.3 is 20.7 Å². The summed E-state index contributed by atoms with van der Waals surface area (Å²) in [6.45, 7) is 0.445. The van der Waals surface area contributed by atoms with Gasteiger partial charge in [0.1, 0.15) is 5.75 Å². The number of fused-ring (bicyclic) bond motifs is 1. The number of anilines is 3. The molecule has 0 fully saturated rings. The maximum absolute atomic E-state index is 12.1. The Morgan fingerprint density at radius 1 is 1.21 bits per heavy atom. The molecule has 3 aromatic rings. The molecule has 0 saturated carbocycles. The predicted molar refractivity (Wildman–Crippen MR) is 106 cm³/mol. The highest BCUT2D eigenvalue weighted by molar-refractivity contribution is 6.31. The number of carbonyl (C=O) groups is 2. The molecular formula is C19H16ClN5O3. The van der Waals surface area contributed by atoms with Crippen molar-refractivity contribution in [2.24, 2.45) is 0 Å². The van der Waals surface area contributed by atoms with Crippen molar-refractivity contribution in [1.29, 1.82) is 0 Å². The average molecular weight is 398 g/mol. The van der Waals surface area contributed by atoms with E-state index in [0.29, 0.717) is 34.3 Å². The number of H-pyrrole nitrogens is 1. The Morgan fingerprint density at radius 2 is 2.07 bits per heavy atom. The van der Waals surface area contributed by atoms with Crippen molar-refractivity contribution in [3.05, 3.63) is 64.9 Å². The highest BCUT2D eigenvalue weighted by Gasteiger charge is 2.16. The molecule has 4 N–H and O–H groups in total. The number of aromatic amines is 1. The molecule has 0 bridgehead atoms. The van der Waals surface area contributed by atoms with E-state index >= 15 is 0 Å². The van der Waals surface area contributed by atoms with Crippen LogP contribution in [0.3, 0.4) is 0 Å². The molecule has 2 heterocycles. The third-order valence-corrected chi connectivity index (χ3v) is 4.53. The summed E-state index contributed by atoms with van der Waals surface area (Å²) < 4.78 is 5.42. The van der Waals surface area contributed by atoms with Gasteiger partial charge >= 0.3 is 0 Å². The highest BCUT2D eigenvalue weighted by atomic mass is 35.5. The fraction of sp³-hybridized carbons (Fsp3) is 0.105. The number of nitrogens with one attached hydrogen (secondary N) is 4. The number of hydrogen-bond donors (Lipinski definition) is 4. The molecule has 28 heavy (non-hydrogen) atoms. The molecule has 2 amide bonds. The largest absolute Gasteiger partial charge is 0.482 e. The third kappa shape index (κ3) is 3.91. The molecule has 0 aliphatic carbocycles. The minimum absolute atomic E-state index is 0.000682. The Morgan fingerprint density at radius 3 is 2.89 bits per heavy atom. The van der Waals surface area contributed by atoms with E-state index in [1.807, 2.05) is 18.2 Å². The maximum Gasteiger partial charge on any atom is 0.262 e. The first-order valence-electron chi connectivity index (χ1n) is 8.47. The molecule has 0 saturated heterocycles. The third-order valence-electron chi connectivity index (χ3n) is 4.16. The van der Waals surface area contributed by atoms with Crippen molar-refractivity contribution >= 4 is 40.5 Å². The van der Waals surface area contributed by atoms with E-state index in [4.69, 9.17) is 16.3 Å². The first-order valence-corrected chi connectivity index (χ1v) is 8.85. The van der Waals surface area contributed by atoms with E-state index in [1.165, 1.54) is 12.4 Å². The summed E-state index contributed by atoms with van der Waals surface area (Å²) in [7, 11) is 0. The summed E-state index contributed by atoms with van der Waals surface area (Å²) in [6.07, 6.45) is 2.97. The number of hydrogen-bond acceptors (Lipinski definition) is 5. The number of rotatable bonds is 5. The monoisotopic (exact) mass is 397 g/mol. The van der Waals surface area contributed by atoms with Crippen LogP contribution in [0.5, 0.6) is 5.75 Å². The van der Waals surface area contributed by atoms with E-state index in [1.54, 1.807) is 18.2 Å². The summed E-state index contributed by atoms with van der Waals surface area (Å²) >= 11 is 6.29. The van der Waals surface area contributed by atoms with Crippen LogP contribution in [-0.2, 0) is 11.3 Å². The number of ether oxygens (including phenoxy) is 1. The van der Waals surface area contributed by atoms with Gasteiger partial charge in [-0.25, -0.2) is 0 Å². The molecule has 1 aliphatic rings. The van der Waals surface area contributed by atoms with Crippen LogP contribution in [0.1, 0.15) is 15.9 Å². The maximum atomic E-state index is 12.1. The minimum atomic E-state index is -0.260. The van der Waals surface area contributed by atoms with Crippen LogP contribution in [0.2, 0.25) is 5.02 Å². The summed E-state index contributed by atoms with van der Waals surface area (Å²) in [5, 5.41) is 15.8. The van der Waals surface area contributed by atoms with Crippen LogP contribution < -0.4 is 20.7 Å². The van der Waals surface area contributed by atoms with Crippen molar-refractivity contribution in [3.8, 4) is 5.75 Å². The van der Waals surface area contributed by atoms with Crippen LogP contribution in [0.15, 0.2) is 48.8 Å². The lowest BCUT2D eigenvalue weighted by molar-refractivity contribution is -0.118. The molecule has 8 nitrogen and oxygen atoms in total. The molecule has 4 rings (SSSR count). The quantitative estimate of drug-likeness (QED) is 0.528. The lowest BCUT2D eigenvalue weighted by atomic mass is 10.1. The summed E-state index contributed by atoms with van der Waals surface area (Å²) in [6, 6.07) is 10.7. The van der Waals surface area contributed by atoms with Crippen molar-refractivity contribution in [3.63, 3.8) is 0 Å². The normalized spacial score (nSPS) is 12.5. The second-order valence-electron chi connectivity index (χ2n) is 6.15. The first kappa shape index (κ1) is 17.9. The lowest BCUT2D eigenvalue weighted by Crippen LogP contribution is -2.25. The molecule has 2 aromatic carbocycles. The molecule has 0 unspecified atom stereocenters. The highest BCUT2D eigenvalue weighted by Crippen LogP contribution is 2.31. The van der Waals surface area contributed by atoms with Gasteiger partial charge in [-0.15, -0.1) is 0 Å². The van der Waals surface area contributed by atoms with Crippen LogP contribution in [0.25, 0.3) is 0 Å². The van der Waals surface area contributed by atoms with Gasteiger partial charge in [-0.2, -0.15) is 5.10 Å². The standard InChI is InChI=1S/C19H16ClN5O3/c20-15-3-1-14(24-19(27)12-8-22-23-9-12)5-11(15)7-21-13-2-4-16-17(6-13)28-10-18(26)25-16/h1-6,8-9,21H,7,10H2,(H,22,23)(H,24,27)(H,25,26). The zero-order chi connectivity index (χ0) is 19.5. The Labute approximate surface area is 165 Å². The Hall–Kier alpha value is -3.52. The first-order chi connectivity index (χ1) is 13.6. The van der Waals surface area contributed by atoms with Gasteiger partial charge in [-0.1, -0.05) is 11.6 Å². The Kier molecular flexibility index (Phi) is 4.86. The molecule has 1 aromatic heterocycles.